The van der Waals surface area contributed by atoms with Crippen molar-refractivity contribution in [3.8, 4) is 0 Å². The van der Waals surface area contributed by atoms with Gasteiger partial charge in [-0.3, -0.25) is 14.6 Å². The van der Waals surface area contributed by atoms with Crippen LogP contribution in [0.4, 0.5) is 10.6 Å². The van der Waals surface area contributed by atoms with Crippen LogP contribution >= 0.6 is 0 Å². The van der Waals surface area contributed by atoms with E-state index in [1.807, 2.05) is 6.07 Å². The molecule has 186 valence electrons. The molecule has 2 atom stereocenters. The first kappa shape index (κ1) is 24.2. The number of aromatic amines is 1. The van der Waals surface area contributed by atoms with Crippen molar-refractivity contribution in [3.05, 3.63) is 29.2 Å². The molecule has 0 aromatic carbocycles. The fourth-order valence-electron chi connectivity index (χ4n) is 4.80. The number of nitrogens with zero attached hydrogens (tertiary/aromatic N) is 3. The first-order chi connectivity index (χ1) is 16.4. The highest BCUT2D eigenvalue weighted by molar-refractivity contribution is 6.02. The van der Waals surface area contributed by atoms with Gasteiger partial charge in [-0.05, 0) is 50.5 Å². The molecule has 0 radical (unpaired) electrons. The van der Waals surface area contributed by atoms with Gasteiger partial charge in [0.25, 0.3) is 5.91 Å². The summed E-state index contributed by atoms with van der Waals surface area (Å²) in [5.41, 5.74) is 2.03. The van der Waals surface area contributed by atoms with Gasteiger partial charge < -0.3 is 24.8 Å². The van der Waals surface area contributed by atoms with E-state index in [0.29, 0.717) is 29.7 Å². The molecule has 0 saturated heterocycles. The van der Waals surface area contributed by atoms with Crippen molar-refractivity contribution in [1.82, 2.24) is 25.3 Å². The number of rotatable bonds is 10. The minimum absolute atomic E-state index is 0.121. The molecule has 3 N–H and O–H groups in total. The monoisotopic (exact) mass is 474 g/mol. The lowest BCUT2D eigenvalue weighted by Gasteiger charge is -2.35. The van der Waals surface area contributed by atoms with Gasteiger partial charge in [0.1, 0.15) is 11.8 Å². The molecule has 2 heterocycles. The topological polar surface area (TPSA) is 132 Å². The fraction of sp³-hybridized carbons (Fsp3) is 0.652. The number of H-pyrrole nitrogens is 1. The van der Waals surface area contributed by atoms with E-state index >= 15 is 0 Å². The predicted octanol–water partition coefficient (Wildman–Crippen LogP) is 2.72. The highest BCUT2D eigenvalue weighted by Gasteiger charge is 2.33. The number of carbonyl (C=O) groups is 2. The molecule has 0 bridgehead atoms. The van der Waals surface area contributed by atoms with Crippen molar-refractivity contribution in [3.63, 3.8) is 0 Å². The second-order valence-corrected chi connectivity index (χ2v) is 9.24. The zero-order valence-corrected chi connectivity index (χ0v) is 20.0. The molecule has 2 aromatic rings. The molecular formula is C23H34N6O5. The predicted molar refractivity (Wildman–Crippen MR) is 123 cm³/mol. The largest absolute Gasteiger partial charge is 0.446 e. The third kappa shape index (κ3) is 5.95. The van der Waals surface area contributed by atoms with Gasteiger partial charge in [0.15, 0.2) is 5.82 Å². The van der Waals surface area contributed by atoms with Crippen molar-refractivity contribution in [2.24, 2.45) is 13.0 Å². The lowest BCUT2D eigenvalue weighted by atomic mass is 9.78. The molecule has 0 spiro atoms. The van der Waals surface area contributed by atoms with Crippen molar-refractivity contribution in [2.45, 2.75) is 63.2 Å². The lowest BCUT2D eigenvalue weighted by Crippen LogP contribution is -2.45. The molecule has 0 aliphatic heterocycles. The average Bonchev–Trinajstić information content (AvgIpc) is 3.50. The molecule has 0 unspecified atom stereocenters. The van der Waals surface area contributed by atoms with E-state index in [2.05, 4.69) is 25.9 Å². The molecule has 11 nitrogen and oxygen atoms in total. The number of methoxy groups -OCH3 is 2. The second-order valence-electron chi connectivity index (χ2n) is 9.24. The molecule has 2 aliphatic carbocycles. The van der Waals surface area contributed by atoms with Crippen LogP contribution in [0, 0.1) is 5.92 Å². The van der Waals surface area contributed by atoms with E-state index in [1.165, 1.54) is 4.68 Å². The number of anilines is 1. The maximum atomic E-state index is 12.6. The van der Waals surface area contributed by atoms with Crippen LogP contribution in [-0.4, -0.2) is 65.0 Å². The van der Waals surface area contributed by atoms with Crippen LogP contribution < -0.4 is 10.6 Å². The van der Waals surface area contributed by atoms with Crippen LogP contribution in [0.1, 0.15) is 66.3 Å². The summed E-state index contributed by atoms with van der Waals surface area (Å²) in [4.78, 5) is 24.9. The molecular weight excluding hydrogens is 440 g/mol. The number of aryl methyl sites for hydroxylation is 1. The van der Waals surface area contributed by atoms with E-state index in [-0.39, 0.29) is 30.1 Å². The van der Waals surface area contributed by atoms with Gasteiger partial charge in [-0.1, -0.05) is 0 Å². The van der Waals surface area contributed by atoms with Gasteiger partial charge in [-0.25, -0.2) is 4.79 Å². The number of nitrogens with one attached hydrogen (secondary N) is 3. The van der Waals surface area contributed by atoms with Crippen LogP contribution in [0.5, 0.6) is 0 Å². The van der Waals surface area contributed by atoms with Crippen molar-refractivity contribution in [1.29, 1.82) is 0 Å². The van der Waals surface area contributed by atoms with Crippen LogP contribution in [0.15, 0.2) is 12.1 Å². The highest BCUT2D eigenvalue weighted by atomic mass is 16.6. The maximum absolute atomic E-state index is 12.6. The van der Waals surface area contributed by atoms with Gasteiger partial charge in [-0.15, -0.1) is 0 Å². The van der Waals surface area contributed by atoms with Crippen LogP contribution in [0.2, 0.25) is 0 Å². The van der Waals surface area contributed by atoms with Crippen molar-refractivity contribution in [2.75, 3.05) is 26.1 Å². The van der Waals surface area contributed by atoms with Crippen LogP contribution in [0.3, 0.4) is 0 Å². The smallest absolute Gasteiger partial charge is 0.407 e. The molecule has 2 saturated carbocycles. The number of aromatic nitrogens is 4. The first-order valence-electron chi connectivity index (χ1n) is 11.8. The van der Waals surface area contributed by atoms with Gasteiger partial charge in [0.05, 0.1) is 12.3 Å². The zero-order chi connectivity index (χ0) is 24.1. The van der Waals surface area contributed by atoms with Gasteiger partial charge in [-0.2, -0.15) is 10.2 Å². The number of amides is 2. The molecule has 4 rings (SSSR count). The summed E-state index contributed by atoms with van der Waals surface area (Å²) in [6, 6.07) is 3.74. The summed E-state index contributed by atoms with van der Waals surface area (Å²) in [5, 5.41) is 17.3. The van der Waals surface area contributed by atoms with E-state index in [9.17, 15) is 9.59 Å². The third-order valence-corrected chi connectivity index (χ3v) is 6.68. The molecule has 2 fully saturated rings. The summed E-state index contributed by atoms with van der Waals surface area (Å²) in [6.07, 6.45) is 4.98. The minimum atomic E-state index is -0.331. The van der Waals surface area contributed by atoms with Gasteiger partial charge >= 0.3 is 6.09 Å². The lowest BCUT2D eigenvalue weighted by molar-refractivity contribution is 0.0833. The summed E-state index contributed by atoms with van der Waals surface area (Å²) in [5.74, 6) is 0.981. The molecule has 2 aromatic heterocycles. The summed E-state index contributed by atoms with van der Waals surface area (Å²) in [6.45, 7) is 1.11. The van der Waals surface area contributed by atoms with E-state index in [4.69, 9.17) is 14.2 Å². The van der Waals surface area contributed by atoms with Crippen LogP contribution in [-0.2, 0) is 27.9 Å². The Hall–Kier alpha value is -2.92. The normalized spacial score (nSPS) is 24.0. The number of hydrogen-bond acceptors (Lipinski definition) is 7. The number of carbonyl (C=O) groups excluding carboxylic acids is 2. The molecule has 2 amide bonds. The van der Waals surface area contributed by atoms with E-state index in [1.54, 1.807) is 27.3 Å². The van der Waals surface area contributed by atoms with Crippen LogP contribution in [0.25, 0.3) is 0 Å². The number of ether oxygens (including phenoxy) is 3. The van der Waals surface area contributed by atoms with Crippen molar-refractivity contribution >= 4 is 17.8 Å². The fourth-order valence-corrected chi connectivity index (χ4v) is 4.80. The van der Waals surface area contributed by atoms with E-state index < -0.39 is 0 Å². The molecule has 34 heavy (non-hydrogen) atoms. The Morgan fingerprint density at radius 2 is 2.00 bits per heavy atom. The third-order valence-electron chi connectivity index (χ3n) is 6.68. The summed E-state index contributed by atoms with van der Waals surface area (Å²) in [7, 11) is 5.00. The minimum Gasteiger partial charge on any atom is -0.446 e. The highest BCUT2D eigenvalue weighted by Crippen LogP contribution is 2.36. The van der Waals surface area contributed by atoms with Gasteiger partial charge in [0.2, 0.25) is 0 Å². The summed E-state index contributed by atoms with van der Waals surface area (Å²) < 4.78 is 17.3. The Morgan fingerprint density at radius 3 is 2.76 bits per heavy atom. The Bertz CT molecular complexity index is 982. The SMILES string of the molecule is COCC[C@H]1C[C@H](NC(=O)O[C@@H]2CC[C@H](c3cc(NC(=O)c4cc(COC)nn4C)n[nH]3)C2)C1. The Kier molecular flexibility index (Phi) is 7.84. The number of hydrogen-bond donors (Lipinski definition) is 3. The zero-order valence-electron chi connectivity index (χ0n) is 20.0. The standard InChI is InChI=1S/C23H34N6O5/c1-29-20(11-17(28-29)13-33-3)22(30)25-21-12-19(26-27-21)15-4-5-18(10-15)34-23(31)24-16-8-14(9-16)6-7-32-2/h11-12,14-16,18H,4-10,13H2,1-3H3,(H,24,31)(H2,25,26,27,30)/t14-,15-,16-,18+/m0/s1. The maximum Gasteiger partial charge on any atom is 0.407 e. The second kappa shape index (κ2) is 11.0. The molecule has 2 aliphatic rings. The number of alkyl carbamates (subject to hydrolysis) is 1. The van der Waals surface area contributed by atoms with Crippen molar-refractivity contribution < 1.29 is 23.8 Å². The first-order valence-corrected chi connectivity index (χ1v) is 11.8. The Morgan fingerprint density at radius 1 is 1.18 bits per heavy atom. The summed E-state index contributed by atoms with van der Waals surface area (Å²) >= 11 is 0. The van der Waals surface area contributed by atoms with E-state index in [0.717, 1.165) is 50.8 Å². The Balaban J connectivity index is 1.22. The average molecular weight is 475 g/mol. The quantitative estimate of drug-likeness (QED) is 0.482. The Labute approximate surface area is 198 Å². The van der Waals surface area contributed by atoms with Gasteiger partial charge in [0, 0.05) is 51.6 Å². The molecule has 11 heteroatoms.